The van der Waals surface area contributed by atoms with Crippen LogP contribution in [-0.4, -0.2) is 30.5 Å². The molecule has 0 bridgehead atoms. The van der Waals surface area contributed by atoms with E-state index in [-0.39, 0.29) is 18.6 Å². The zero-order chi connectivity index (χ0) is 12.3. The Balaban J connectivity index is 2.09. The molecular weight excluding hydrogens is 238 g/mol. The summed E-state index contributed by atoms with van der Waals surface area (Å²) in [5.41, 5.74) is 1.04. The number of hydrogen-bond acceptors (Lipinski definition) is 2. The lowest BCUT2D eigenvalue weighted by Crippen LogP contribution is -2.43. The number of carbonyl (C=O) groups excluding carboxylic acids is 1. The van der Waals surface area contributed by atoms with Crippen LogP contribution in [0.3, 0.4) is 0 Å². The van der Waals surface area contributed by atoms with Crippen molar-refractivity contribution in [2.24, 2.45) is 0 Å². The van der Waals surface area contributed by atoms with Crippen molar-refractivity contribution in [3.63, 3.8) is 0 Å². The van der Waals surface area contributed by atoms with Crippen LogP contribution in [0.1, 0.15) is 11.7 Å². The van der Waals surface area contributed by atoms with E-state index in [1.807, 2.05) is 24.3 Å². The van der Waals surface area contributed by atoms with E-state index in [4.69, 9.17) is 16.3 Å². The summed E-state index contributed by atoms with van der Waals surface area (Å²) in [4.78, 5) is 13.3. The van der Waals surface area contributed by atoms with E-state index in [9.17, 15) is 4.79 Å². The van der Waals surface area contributed by atoms with Crippen molar-refractivity contribution in [3.05, 3.63) is 47.5 Å². The van der Waals surface area contributed by atoms with Crippen LogP contribution < -0.4 is 0 Å². The smallest absolute Gasteiger partial charge is 0.248 e. The van der Waals surface area contributed by atoms with Gasteiger partial charge in [0.1, 0.15) is 12.7 Å². The predicted molar refractivity (Wildman–Crippen MR) is 66.9 cm³/mol. The van der Waals surface area contributed by atoms with Crippen LogP contribution in [0.25, 0.3) is 0 Å². The summed E-state index contributed by atoms with van der Waals surface area (Å²) in [6.45, 7) is 4.90. The van der Waals surface area contributed by atoms with Crippen molar-refractivity contribution >= 4 is 17.5 Å². The molecule has 0 aliphatic carbocycles. The molecule has 17 heavy (non-hydrogen) atoms. The maximum absolute atomic E-state index is 11.5. The first-order valence-electron chi connectivity index (χ1n) is 5.46. The van der Waals surface area contributed by atoms with Crippen molar-refractivity contribution in [2.45, 2.75) is 6.10 Å². The quantitative estimate of drug-likeness (QED) is 0.773. The molecule has 1 amide bonds. The molecule has 0 radical (unpaired) electrons. The first kappa shape index (κ1) is 12.1. The van der Waals surface area contributed by atoms with Crippen molar-refractivity contribution in [2.75, 3.05) is 19.7 Å². The maximum atomic E-state index is 11.5. The number of amides is 1. The van der Waals surface area contributed by atoms with E-state index in [0.29, 0.717) is 18.1 Å². The molecule has 1 aliphatic rings. The van der Waals surface area contributed by atoms with E-state index in [2.05, 4.69) is 6.58 Å². The van der Waals surface area contributed by atoms with Gasteiger partial charge in [-0.15, -0.1) is 6.58 Å². The molecular formula is C13H14ClNO2. The second-order valence-electron chi connectivity index (χ2n) is 3.94. The number of rotatable bonds is 3. The fraction of sp³-hybridized carbons (Fsp3) is 0.308. The number of carbonyl (C=O) groups is 1. The summed E-state index contributed by atoms with van der Waals surface area (Å²) in [7, 11) is 0. The normalized spacial score (nSPS) is 20.4. The fourth-order valence-electron chi connectivity index (χ4n) is 1.83. The Morgan fingerprint density at radius 2 is 2.18 bits per heavy atom. The lowest BCUT2D eigenvalue weighted by molar-refractivity contribution is -0.148. The van der Waals surface area contributed by atoms with Crippen LogP contribution in [-0.2, 0) is 9.53 Å². The van der Waals surface area contributed by atoms with Crippen LogP contribution in [0.4, 0.5) is 0 Å². The third kappa shape index (κ3) is 2.87. The molecule has 1 heterocycles. The first-order chi connectivity index (χ1) is 8.20. The molecule has 1 fully saturated rings. The molecule has 1 atom stereocenters. The largest absolute Gasteiger partial charge is 0.362 e. The van der Waals surface area contributed by atoms with Gasteiger partial charge in [0.05, 0.1) is 6.54 Å². The molecule has 1 aromatic rings. The Hall–Kier alpha value is -1.32. The van der Waals surface area contributed by atoms with Gasteiger partial charge in [0.15, 0.2) is 0 Å². The number of ether oxygens (including phenoxy) is 1. The number of nitrogens with zero attached hydrogens (tertiary/aromatic N) is 1. The average Bonchev–Trinajstić information content (AvgIpc) is 2.33. The molecule has 1 aliphatic heterocycles. The summed E-state index contributed by atoms with van der Waals surface area (Å²) in [5.74, 6) is 0.00936. The van der Waals surface area contributed by atoms with Crippen LogP contribution in [0.15, 0.2) is 36.9 Å². The highest BCUT2D eigenvalue weighted by Gasteiger charge is 2.26. The van der Waals surface area contributed by atoms with Crippen LogP contribution in [0.2, 0.25) is 5.02 Å². The summed E-state index contributed by atoms with van der Waals surface area (Å²) in [6, 6.07) is 7.51. The van der Waals surface area contributed by atoms with Crippen LogP contribution in [0.5, 0.6) is 0 Å². The highest BCUT2D eigenvalue weighted by molar-refractivity contribution is 6.30. The number of morpholine rings is 1. The molecule has 1 aromatic carbocycles. The molecule has 4 heteroatoms. The Morgan fingerprint density at radius 3 is 2.82 bits per heavy atom. The molecule has 0 saturated carbocycles. The topological polar surface area (TPSA) is 29.5 Å². The van der Waals surface area contributed by atoms with Gasteiger partial charge in [-0.25, -0.2) is 0 Å². The Morgan fingerprint density at radius 1 is 1.47 bits per heavy atom. The molecule has 3 nitrogen and oxygen atoms in total. The number of hydrogen-bond donors (Lipinski definition) is 0. The second-order valence-corrected chi connectivity index (χ2v) is 4.38. The van der Waals surface area contributed by atoms with Gasteiger partial charge in [-0.3, -0.25) is 4.79 Å². The lowest BCUT2D eigenvalue weighted by Gasteiger charge is -2.32. The highest BCUT2D eigenvalue weighted by atomic mass is 35.5. The molecule has 1 saturated heterocycles. The Labute approximate surface area is 106 Å². The molecule has 90 valence electrons. The number of benzene rings is 1. The van der Waals surface area contributed by atoms with Crippen molar-refractivity contribution < 1.29 is 9.53 Å². The van der Waals surface area contributed by atoms with Crippen LogP contribution in [0, 0.1) is 0 Å². The lowest BCUT2D eigenvalue weighted by atomic mass is 10.1. The predicted octanol–water partition coefficient (Wildman–Crippen LogP) is 2.43. The van der Waals surface area contributed by atoms with Crippen LogP contribution >= 0.6 is 11.6 Å². The maximum Gasteiger partial charge on any atom is 0.248 e. The third-order valence-electron chi connectivity index (χ3n) is 2.74. The summed E-state index contributed by atoms with van der Waals surface area (Å²) in [6.07, 6.45) is 1.65. The zero-order valence-corrected chi connectivity index (χ0v) is 10.2. The standard InChI is InChI=1S/C13H14ClNO2/c1-2-7-15-8-12(17-9-13(15)16)10-3-5-11(14)6-4-10/h2-6,12H,1,7-9H2/t12-/m0/s1. The van der Waals surface area contributed by atoms with Gasteiger partial charge in [-0.2, -0.15) is 0 Å². The van der Waals surface area contributed by atoms with Crippen molar-refractivity contribution in [1.29, 1.82) is 0 Å². The Bertz CT molecular complexity index is 416. The Kier molecular flexibility index (Phi) is 3.82. The van der Waals surface area contributed by atoms with Gasteiger partial charge >= 0.3 is 0 Å². The van der Waals surface area contributed by atoms with E-state index in [1.54, 1.807) is 11.0 Å². The molecule has 0 aromatic heterocycles. The van der Waals surface area contributed by atoms with E-state index in [0.717, 1.165) is 5.56 Å². The minimum atomic E-state index is -0.0788. The van der Waals surface area contributed by atoms with Gasteiger partial charge in [-0.1, -0.05) is 29.8 Å². The minimum Gasteiger partial charge on any atom is -0.362 e. The van der Waals surface area contributed by atoms with Gasteiger partial charge in [0.25, 0.3) is 0 Å². The molecule has 0 N–H and O–H groups in total. The fourth-order valence-corrected chi connectivity index (χ4v) is 1.96. The zero-order valence-electron chi connectivity index (χ0n) is 9.43. The summed E-state index contributed by atoms with van der Waals surface area (Å²) in [5, 5.41) is 0.698. The van der Waals surface area contributed by atoms with E-state index in [1.165, 1.54) is 0 Å². The first-order valence-corrected chi connectivity index (χ1v) is 5.84. The van der Waals surface area contributed by atoms with Gasteiger partial charge < -0.3 is 9.64 Å². The number of halogens is 1. The molecule has 0 spiro atoms. The van der Waals surface area contributed by atoms with Crippen molar-refractivity contribution in [1.82, 2.24) is 4.90 Å². The van der Waals surface area contributed by atoms with E-state index >= 15 is 0 Å². The minimum absolute atomic E-state index is 0.00936. The van der Waals surface area contributed by atoms with E-state index < -0.39 is 0 Å². The second kappa shape index (κ2) is 5.34. The highest BCUT2D eigenvalue weighted by Crippen LogP contribution is 2.23. The van der Waals surface area contributed by atoms with Crippen molar-refractivity contribution in [3.8, 4) is 0 Å². The van der Waals surface area contributed by atoms with Gasteiger partial charge in [-0.05, 0) is 17.7 Å². The average molecular weight is 252 g/mol. The van der Waals surface area contributed by atoms with Gasteiger partial charge in [0, 0.05) is 11.6 Å². The molecule has 2 rings (SSSR count). The monoisotopic (exact) mass is 251 g/mol. The third-order valence-corrected chi connectivity index (χ3v) is 2.99. The van der Waals surface area contributed by atoms with Gasteiger partial charge in [0.2, 0.25) is 5.91 Å². The summed E-state index contributed by atoms with van der Waals surface area (Å²) >= 11 is 5.83. The summed E-state index contributed by atoms with van der Waals surface area (Å²) < 4.78 is 5.52. The molecule has 0 unspecified atom stereocenters. The SMILES string of the molecule is C=CCN1C[C@@H](c2ccc(Cl)cc2)OCC1=O.